The Morgan fingerprint density at radius 3 is 2.44 bits per heavy atom. The first-order valence-electron chi connectivity index (χ1n) is 11.3. The molecule has 0 aliphatic rings. The molecular weight excluding hydrogens is 454 g/mol. The number of para-hydroxylation sites is 1. The number of hydrogen-bond donors (Lipinski definition) is 1. The Morgan fingerprint density at radius 1 is 1.06 bits per heavy atom. The molecule has 0 spiro atoms. The molecule has 1 aromatic carbocycles. The molecule has 10 heteroatoms. The van der Waals surface area contributed by atoms with Gasteiger partial charge in [-0.3, -0.25) is 9.59 Å². The van der Waals surface area contributed by atoms with E-state index in [0.717, 1.165) is 27.9 Å². The van der Waals surface area contributed by atoms with Crippen LogP contribution < -0.4 is 10.9 Å². The number of rotatable bonds is 11. The van der Waals surface area contributed by atoms with Crippen LogP contribution in [0.2, 0.25) is 0 Å². The molecule has 0 fully saturated rings. The van der Waals surface area contributed by atoms with Crippen LogP contribution in [0.25, 0.3) is 5.69 Å². The van der Waals surface area contributed by atoms with E-state index in [1.807, 2.05) is 48.1 Å². The van der Waals surface area contributed by atoms with Gasteiger partial charge in [-0.1, -0.05) is 32.0 Å². The van der Waals surface area contributed by atoms with Gasteiger partial charge >= 0.3 is 0 Å². The summed E-state index contributed by atoms with van der Waals surface area (Å²) < 4.78 is 29.7. The molecule has 0 aliphatic carbocycles. The molecule has 0 unspecified atom stereocenters. The molecule has 0 aliphatic heterocycles. The average molecular weight is 486 g/mol. The third-order valence-corrected chi connectivity index (χ3v) is 7.61. The van der Waals surface area contributed by atoms with Gasteiger partial charge < -0.3 is 9.88 Å². The summed E-state index contributed by atoms with van der Waals surface area (Å²) in [4.78, 5) is 24.6. The largest absolute Gasteiger partial charge is 0.355 e. The summed E-state index contributed by atoms with van der Waals surface area (Å²) in [6.45, 7) is 6.28. The Morgan fingerprint density at radius 2 is 1.76 bits per heavy atom. The Balaban J connectivity index is 1.56. The monoisotopic (exact) mass is 485 g/mol. The van der Waals surface area contributed by atoms with Crippen molar-refractivity contribution in [1.29, 1.82) is 0 Å². The maximum absolute atomic E-state index is 12.7. The highest BCUT2D eigenvalue weighted by Gasteiger charge is 2.22. The molecule has 0 atom stereocenters. The number of amides is 1. The Labute approximate surface area is 200 Å². The summed E-state index contributed by atoms with van der Waals surface area (Å²) in [6.07, 6.45) is 4.68. The van der Waals surface area contributed by atoms with Crippen molar-refractivity contribution in [3.8, 4) is 5.69 Å². The zero-order valence-electron chi connectivity index (χ0n) is 19.8. The molecular formula is C24H31N5O4S. The SMILES string of the molecule is CCN(CC)S(=O)(=O)c1ccc(=O)n(CC(=O)NCCCc2cn(-c3ccccc3)nc2C)c1. The van der Waals surface area contributed by atoms with E-state index < -0.39 is 15.6 Å². The Bertz CT molecular complexity index is 1280. The molecule has 2 aromatic heterocycles. The van der Waals surface area contributed by atoms with Gasteiger partial charge in [0.1, 0.15) is 6.54 Å². The van der Waals surface area contributed by atoms with E-state index >= 15 is 0 Å². The van der Waals surface area contributed by atoms with Crippen LogP contribution in [0.4, 0.5) is 0 Å². The minimum atomic E-state index is -3.72. The van der Waals surface area contributed by atoms with Crippen LogP contribution >= 0.6 is 0 Å². The number of nitrogens with zero attached hydrogens (tertiary/aromatic N) is 4. The van der Waals surface area contributed by atoms with Crippen molar-refractivity contribution >= 4 is 15.9 Å². The third-order valence-electron chi connectivity index (χ3n) is 5.58. The first-order chi connectivity index (χ1) is 16.3. The molecule has 3 rings (SSSR count). The highest BCUT2D eigenvalue weighted by molar-refractivity contribution is 7.89. The second-order valence-corrected chi connectivity index (χ2v) is 9.83. The molecule has 1 N–H and O–H groups in total. The summed E-state index contributed by atoms with van der Waals surface area (Å²) in [5.41, 5.74) is 2.59. The minimum Gasteiger partial charge on any atom is -0.355 e. The van der Waals surface area contributed by atoms with Gasteiger partial charge in [0.25, 0.3) is 5.56 Å². The number of aryl methyl sites for hydroxylation is 2. The first-order valence-corrected chi connectivity index (χ1v) is 12.8. The number of carbonyl (C=O) groups is 1. The van der Waals surface area contributed by atoms with Gasteiger partial charge in [0.15, 0.2) is 0 Å². The summed E-state index contributed by atoms with van der Waals surface area (Å²) in [5.74, 6) is -0.351. The lowest BCUT2D eigenvalue weighted by Gasteiger charge is -2.19. The number of carbonyl (C=O) groups excluding carboxylic acids is 1. The second kappa shape index (κ2) is 11.3. The van der Waals surface area contributed by atoms with Crippen molar-refractivity contribution in [2.75, 3.05) is 19.6 Å². The fourth-order valence-electron chi connectivity index (χ4n) is 3.67. The van der Waals surface area contributed by atoms with Crippen LogP contribution in [-0.4, -0.2) is 52.6 Å². The fraction of sp³-hybridized carbons (Fsp3) is 0.375. The van der Waals surface area contributed by atoms with E-state index in [1.54, 1.807) is 13.8 Å². The van der Waals surface area contributed by atoms with Gasteiger partial charge in [0.05, 0.1) is 16.3 Å². The molecule has 2 heterocycles. The summed E-state index contributed by atoms with van der Waals surface area (Å²) in [7, 11) is -3.72. The topological polar surface area (TPSA) is 106 Å². The van der Waals surface area contributed by atoms with E-state index in [2.05, 4.69) is 10.4 Å². The van der Waals surface area contributed by atoms with E-state index in [4.69, 9.17) is 0 Å². The molecule has 182 valence electrons. The molecule has 1 amide bonds. The van der Waals surface area contributed by atoms with Crippen molar-refractivity contribution in [1.82, 2.24) is 24.0 Å². The number of nitrogens with one attached hydrogen (secondary N) is 1. The van der Waals surface area contributed by atoms with Gasteiger partial charge in [-0.15, -0.1) is 0 Å². The van der Waals surface area contributed by atoms with Crippen LogP contribution in [0.15, 0.2) is 64.5 Å². The maximum Gasteiger partial charge on any atom is 0.251 e. The molecule has 3 aromatic rings. The smallest absolute Gasteiger partial charge is 0.251 e. The van der Waals surface area contributed by atoms with Crippen molar-refractivity contribution in [3.05, 3.63) is 76.5 Å². The van der Waals surface area contributed by atoms with Gasteiger partial charge in [-0.2, -0.15) is 9.40 Å². The number of sulfonamides is 1. The number of pyridine rings is 1. The van der Waals surface area contributed by atoms with Gasteiger partial charge in [0.2, 0.25) is 15.9 Å². The predicted octanol–water partition coefficient (Wildman–Crippen LogP) is 2.12. The predicted molar refractivity (Wildman–Crippen MR) is 130 cm³/mol. The minimum absolute atomic E-state index is 0.00509. The van der Waals surface area contributed by atoms with Crippen LogP contribution in [0, 0.1) is 6.92 Å². The molecule has 9 nitrogen and oxygen atoms in total. The van der Waals surface area contributed by atoms with Crippen molar-refractivity contribution in [2.24, 2.45) is 0 Å². The van der Waals surface area contributed by atoms with Crippen LogP contribution in [0.5, 0.6) is 0 Å². The summed E-state index contributed by atoms with van der Waals surface area (Å²) in [6, 6.07) is 12.3. The lowest BCUT2D eigenvalue weighted by Crippen LogP contribution is -2.34. The highest BCUT2D eigenvalue weighted by Crippen LogP contribution is 2.14. The lowest BCUT2D eigenvalue weighted by atomic mass is 10.1. The molecule has 34 heavy (non-hydrogen) atoms. The van der Waals surface area contributed by atoms with Crippen LogP contribution in [0.1, 0.15) is 31.5 Å². The van der Waals surface area contributed by atoms with Gasteiger partial charge in [0, 0.05) is 38.1 Å². The first kappa shape index (κ1) is 25.4. The van der Waals surface area contributed by atoms with Crippen molar-refractivity contribution in [2.45, 2.75) is 45.1 Å². The van der Waals surface area contributed by atoms with E-state index in [1.165, 1.54) is 22.6 Å². The standard InChI is InChI=1S/C24H31N5O4S/c1-4-28(5-2)34(32,33)22-13-14-24(31)27(17-22)18-23(30)25-15-9-10-20-16-29(26-19(20)3)21-11-7-6-8-12-21/h6-8,11-14,16-17H,4-5,9-10,15,18H2,1-3H3,(H,25,30). The molecule has 0 bridgehead atoms. The van der Waals surface area contributed by atoms with E-state index in [9.17, 15) is 18.0 Å². The van der Waals surface area contributed by atoms with Gasteiger partial charge in [-0.05, 0) is 43.5 Å². The van der Waals surface area contributed by atoms with E-state index in [-0.39, 0.29) is 17.3 Å². The maximum atomic E-state index is 12.7. The lowest BCUT2D eigenvalue weighted by molar-refractivity contribution is -0.121. The number of hydrogen-bond acceptors (Lipinski definition) is 5. The normalized spacial score (nSPS) is 11.6. The Kier molecular flexibility index (Phi) is 8.41. The van der Waals surface area contributed by atoms with Crippen molar-refractivity contribution in [3.63, 3.8) is 0 Å². The molecule has 0 saturated carbocycles. The van der Waals surface area contributed by atoms with Crippen LogP contribution in [-0.2, 0) is 27.8 Å². The molecule has 0 radical (unpaired) electrons. The second-order valence-electron chi connectivity index (χ2n) is 7.89. The van der Waals surface area contributed by atoms with Crippen molar-refractivity contribution < 1.29 is 13.2 Å². The van der Waals surface area contributed by atoms with E-state index in [0.29, 0.717) is 26.1 Å². The average Bonchev–Trinajstić information content (AvgIpc) is 3.19. The quantitative estimate of drug-likeness (QED) is 0.419. The zero-order chi connectivity index (χ0) is 24.7. The third kappa shape index (κ3) is 6.00. The summed E-state index contributed by atoms with van der Waals surface area (Å²) in [5, 5.41) is 7.36. The molecule has 0 saturated heterocycles. The van der Waals surface area contributed by atoms with Crippen LogP contribution in [0.3, 0.4) is 0 Å². The van der Waals surface area contributed by atoms with Gasteiger partial charge in [-0.25, -0.2) is 13.1 Å². The number of aromatic nitrogens is 3. The summed E-state index contributed by atoms with van der Waals surface area (Å²) >= 11 is 0. The Hall–Kier alpha value is -3.24. The highest BCUT2D eigenvalue weighted by atomic mass is 32.2. The fourth-order valence-corrected chi connectivity index (χ4v) is 5.15. The zero-order valence-corrected chi connectivity index (χ0v) is 20.6. The number of benzene rings is 1.